The maximum absolute atomic E-state index is 11.9. The van der Waals surface area contributed by atoms with Gasteiger partial charge in [0.2, 0.25) is 0 Å². The van der Waals surface area contributed by atoms with Crippen LogP contribution in [-0.4, -0.2) is 14.5 Å². The molecule has 0 fully saturated rings. The van der Waals surface area contributed by atoms with Gasteiger partial charge in [0.1, 0.15) is 0 Å². The molecule has 0 radical (unpaired) electrons. The van der Waals surface area contributed by atoms with Gasteiger partial charge in [0.15, 0.2) is 5.65 Å². The van der Waals surface area contributed by atoms with Crippen molar-refractivity contribution in [3.63, 3.8) is 0 Å². The lowest BCUT2D eigenvalue weighted by atomic mass is 10.2. The fourth-order valence-corrected chi connectivity index (χ4v) is 2.00. The van der Waals surface area contributed by atoms with E-state index in [1.54, 1.807) is 4.57 Å². The molecular formula is C14H19N3O. The second-order valence-corrected chi connectivity index (χ2v) is 4.64. The van der Waals surface area contributed by atoms with E-state index in [9.17, 15) is 4.79 Å². The predicted octanol–water partition coefficient (Wildman–Crippen LogP) is 2.95. The first-order chi connectivity index (χ1) is 8.63. The molecule has 1 N–H and O–H groups in total. The highest BCUT2D eigenvalue weighted by atomic mass is 16.1. The normalized spacial score (nSPS) is 11.0. The van der Waals surface area contributed by atoms with Crippen LogP contribution in [0.25, 0.3) is 16.7 Å². The minimum Gasteiger partial charge on any atom is -0.304 e. The van der Waals surface area contributed by atoms with Gasteiger partial charge < -0.3 is 4.98 Å². The Labute approximate surface area is 106 Å². The summed E-state index contributed by atoms with van der Waals surface area (Å²) < 4.78 is 1.72. The summed E-state index contributed by atoms with van der Waals surface area (Å²) in [5.74, 6) is 0. The number of aromatic amines is 1. The standard InChI is InChI=1S/C14H19N3O/c1-4-5-6-9-17-13-12(16-14(17)18)8-7-11(15-13)10(2)3/h7-8H,2,4-6,9H2,1,3H3,(H,16,18). The molecule has 4 heteroatoms. The van der Waals surface area contributed by atoms with E-state index < -0.39 is 0 Å². The van der Waals surface area contributed by atoms with Crippen LogP contribution in [0.5, 0.6) is 0 Å². The van der Waals surface area contributed by atoms with Crippen LogP contribution >= 0.6 is 0 Å². The highest BCUT2D eigenvalue weighted by molar-refractivity contribution is 5.74. The van der Waals surface area contributed by atoms with E-state index in [0.717, 1.165) is 48.2 Å². The highest BCUT2D eigenvalue weighted by Gasteiger charge is 2.08. The number of pyridine rings is 1. The van der Waals surface area contributed by atoms with Crippen molar-refractivity contribution in [3.05, 3.63) is 34.9 Å². The zero-order chi connectivity index (χ0) is 13.1. The number of allylic oxidation sites excluding steroid dienone is 1. The first-order valence-electron chi connectivity index (χ1n) is 6.39. The molecule has 2 aromatic heterocycles. The fraction of sp³-hybridized carbons (Fsp3) is 0.429. The molecule has 2 aromatic rings. The number of imidazole rings is 1. The van der Waals surface area contributed by atoms with Crippen LogP contribution < -0.4 is 5.69 Å². The van der Waals surface area contributed by atoms with Crippen LogP contribution in [0.3, 0.4) is 0 Å². The lowest BCUT2D eigenvalue weighted by Crippen LogP contribution is -2.17. The number of H-pyrrole nitrogens is 1. The lowest BCUT2D eigenvalue weighted by molar-refractivity contribution is 0.597. The number of hydrogen-bond acceptors (Lipinski definition) is 2. The van der Waals surface area contributed by atoms with Crippen LogP contribution in [0.2, 0.25) is 0 Å². The summed E-state index contributed by atoms with van der Waals surface area (Å²) in [4.78, 5) is 19.2. The second-order valence-electron chi connectivity index (χ2n) is 4.64. The summed E-state index contributed by atoms with van der Waals surface area (Å²) in [6.45, 7) is 8.67. The molecule has 0 saturated heterocycles. The third kappa shape index (κ3) is 2.37. The number of aryl methyl sites for hydroxylation is 1. The molecule has 0 aliphatic carbocycles. The maximum atomic E-state index is 11.9. The van der Waals surface area contributed by atoms with E-state index in [1.807, 2.05) is 19.1 Å². The summed E-state index contributed by atoms with van der Waals surface area (Å²) in [7, 11) is 0. The molecule has 2 rings (SSSR count). The van der Waals surface area contributed by atoms with Gasteiger partial charge in [-0.1, -0.05) is 26.3 Å². The van der Waals surface area contributed by atoms with Crippen LogP contribution in [0.4, 0.5) is 0 Å². The number of nitrogens with zero attached hydrogens (tertiary/aromatic N) is 2. The van der Waals surface area contributed by atoms with Gasteiger partial charge in [-0.3, -0.25) is 4.57 Å². The zero-order valence-corrected chi connectivity index (χ0v) is 11.0. The Balaban J connectivity index is 2.43. The Morgan fingerprint density at radius 1 is 1.44 bits per heavy atom. The third-order valence-electron chi connectivity index (χ3n) is 3.04. The predicted molar refractivity (Wildman–Crippen MR) is 74.6 cm³/mol. The molecular weight excluding hydrogens is 226 g/mol. The van der Waals surface area contributed by atoms with Crippen molar-refractivity contribution >= 4 is 16.7 Å². The molecule has 0 aliphatic rings. The molecule has 0 aromatic carbocycles. The molecule has 0 aliphatic heterocycles. The minimum atomic E-state index is -0.0764. The molecule has 0 unspecified atom stereocenters. The van der Waals surface area contributed by atoms with Gasteiger partial charge in [-0.05, 0) is 31.1 Å². The van der Waals surface area contributed by atoms with Gasteiger partial charge in [0.05, 0.1) is 11.2 Å². The third-order valence-corrected chi connectivity index (χ3v) is 3.04. The topological polar surface area (TPSA) is 50.7 Å². The molecule has 0 spiro atoms. The van der Waals surface area contributed by atoms with Crippen molar-refractivity contribution in [2.75, 3.05) is 0 Å². The average molecular weight is 245 g/mol. The quantitative estimate of drug-likeness (QED) is 0.823. The SMILES string of the molecule is C=C(C)c1ccc2[nH]c(=O)n(CCCCC)c2n1. The number of unbranched alkanes of at least 4 members (excludes halogenated alkanes) is 2. The summed E-state index contributed by atoms with van der Waals surface area (Å²) in [5, 5.41) is 0. The number of nitrogens with one attached hydrogen (secondary N) is 1. The molecule has 0 amide bonds. The van der Waals surface area contributed by atoms with Crippen molar-refractivity contribution < 1.29 is 0 Å². The van der Waals surface area contributed by atoms with Gasteiger partial charge in [-0.15, -0.1) is 0 Å². The average Bonchev–Trinajstić information content (AvgIpc) is 2.65. The number of fused-ring (bicyclic) bond motifs is 1. The van der Waals surface area contributed by atoms with E-state index in [4.69, 9.17) is 0 Å². The molecule has 2 heterocycles. The van der Waals surface area contributed by atoms with Gasteiger partial charge in [0.25, 0.3) is 0 Å². The molecule has 18 heavy (non-hydrogen) atoms. The molecule has 4 nitrogen and oxygen atoms in total. The minimum absolute atomic E-state index is 0.0764. The zero-order valence-electron chi connectivity index (χ0n) is 11.0. The van der Waals surface area contributed by atoms with E-state index in [2.05, 4.69) is 23.5 Å². The largest absolute Gasteiger partial charge is 0.327 e. The summed E-state index contributed by atoms with van der Waals surface area (Å²) in [6.07, 6.45) is 3.27. The van der Waals surface area contributed by atoms with Crippen molar-refractivity contribution in [3.8, 4) is 0 Å². The Hall–Kier alpha value is -1.84. The molecule has 0 atom stereocenters. The van der Waals surface area contributed by atoms with Crippen molar-refractivity contribution in [2.45, 2.75) is 39.7 Å². The summed E-state index contributed by atoms with van der Waals surface area (Å²) in [5.41, 5.74) is 3.20. The lowest BCUT2D eigenvalue weighted by Gasteiger charge is -2.03. The molecule has 0 saturated carbocycles. The van der Waals surface area contributed by atoms with Gasteiger partial charge in [-0.25, -0.2) is 9.78 Å². The van der Waals surface area contributed by atoms with Crippen molar-refractivity contribution in [1.82, 2.24) is 14.5 Å². The first-order valence-corrected chi connectivity index (χ1v) is 6.39. The maximum Gasteiger partial charge on any atom is 0.327 e. The number of aromatic nitrogens is 3. The Morgan fingerprint density at radius 2 is 2.22 bits per heavy atom. The Kier molecular flexibility index (Phi) is 3.65. The molecule has 0 bridgehead atoms. The van der Waals surface area contributed by atoms with E-state index in [1.165, 1.54) is 0 Å². The first kappa shape index (κ1) is 12.6. The van der Waals surface area contributed by atoms with Crippen LogP contribution in [0.1, 0.15) is 38.8 Å². The van der Waals surface area contributed by atoms with E-state index in [0.29, 0.717) is 0 Å². The van der Waals surface area contributed by atoms with E-state index >= 15 is 0 Å². The summed E-state index contributed by atoms with van der Waals surface area (Å²) in [6, 6.07) is 3.78. The number of rotatable bonds is 5. The molecule has 96 valence electrons. The Morgan fingerprint density at radius 3 is 2.89 bits per heavy atom. The smallest absolute Gasteiger partial charge is 0.304 e. The van der Waals surface area contributed by atoms with E-state index in [-0.39, 0.29) is 5.69 Å². The van der Waals surface area contributed by atoms with Gasteiger partial charge in [0, 0.05) is 6.54 Å². The van der Waals surface area contributed by atoms with Gasteiger partial charge >= 0.3 is 5.69 Å². The monoisotopic (exact) mass is 245 g/mol. The van der Waals surface area contributed by atoms with Crippen molar-refractivity contribution in [2.24, 2.45) is 0 Å². The van der Waals surface area contributed by atoms with Crippen LogP contribution in [-0.2, 0) is 6.54 Å². The van der Waals surface area contributed by atoms with Crippen molar-refractivity contribution in [1.29, 1.82) is 0 Å². The van der Waals surface area contributed by atoms with Crippen LogP contribution in [0, 0.1) is 0 Å². The Bertz CT molecular complexity index is 621. The van der Waals surface area contributed by atoms with Gasteiger partial charge in [-0.2, -0.15) is 0 Å². The second kappa shape index (κ2) is 5.21. The fourth-order valence-electron chi connectivity index (χ4n) is 2.00. The highest BCUT2D eigenvalue weighted by Crippen LogP contribution is 2.14. The number of hydrogen-bond donors (Lipinski definition) is 1. The van der Waals surface area contributed by atoms with Crippen LogP contribution in [0.15, 0.2) is 23.5 Å². The summed E-state index contributed by atoms with van der Waals surface area (Å²) >= 11 is 0.